The fourth-order valence-corrected chi connectivity index (χ4v) is 1.88. The van der Waals surface area contributed by atoms with Gasteiger partial charge in [-0.05, 0) is 55.5 Å². The first kappa shape index (κ1) is 15.6. The van der Waals surface area contributed by atoms with Gasteiger partial charge in [0.05, 0.1) is 19.3 Å². The minimum atomic E-state index is -0.413. The van der Waals surface area contributed by atoms with Crippen LogP contribution < -0.4 is 10.1 Å². The monoisotopic (exact) mass is 299 g/mol. The van der Waals surface area contributed by atoms with E-state index in [0.29, 0.717) is 23.4 Å². The van der Waals surface area contributed by atoms with Crippen LogP contribution in [0, 0.1) is 0 Å². The number of nitrogens with one attached hydrogen (secondary N) is 1. The molecule has 0 atom stereocenters. The molecule has 0 saturated carbocycles. The lowest BCUT2D eigenvalue weighted by molar-refractivity contribution is 0.0600. The Balaban J connectivity index is 2.03. The van der Waals surface area contributed by atoms with Crippen LogP contribution in [0.1, 0.15) is 27.6 Å². The van der Waals surface area contributed by atoms with Gasteiger partial charge >= 0.3 is 5.97 Å². The Morgan fingerprint density at radius 1 is 0.955 bits per heavy atom. The average molecular weight is 299 g/mol. The van der Waals surface area contributed by atoms with Crippen LogP contribution in [0.15, 0.2) is 48.5 Å². The maximum absolute atomic E-state index is 12.1. The minimum absolute atomic E-state index is 0.228. The summed E-state index contributed by atoms with van der Waals surface area (Å²) in [5.74, 6) is 0.0831. The summed E-state index contributed by atoms with van der Waals surface area (Å²) in [5.41, 5.74) is 1.56. The Labute approximate surface area is 128 Å². The molecule has 0 heterocycles. The van der Waals surface area contributed by atoms with Crippen LogP contribution in [0.5, 0.6) is 5.75 Å². The topological polar surface area (TPSA) is 64.6 Å². The maximum Gasteiger partial charge on any atom is 0.337 e. The molecule has 2 rings (SSSR count). The predicted octanol–water partition coefficient (Wildman–Crippen LogP) is 3.12. The van der Waals surface area contributed by atoms with E-state index >= 15 is 0 Å². The number of esters is 1. The van der Waals surface area contributed by atoms with E-state index < -0.39 is 5.97 Å². The lowest BCUT2D eigenvalue weighted by Gasteiger charge is -2.07. The van der Waals surface area contributed by atoms with Gasteiger partial charge in [0, 0.05) is 11.3 Å². The highest BCUT2D eigenvalue weighted by Gasteiger charge is 2.08. The standard InChI is InChI=1S/C17H17NO4/c1-3-22-15-10-6-12(7-11-15)16(19)18-14-8-4-13(5-9-14)17(20)21-2/h4-11H,3H2,1-2H3,(H,18,19). The smallest absolute Gasteiger partial charge is 0.337 e. The largest absolute Gasteiger partial charge is 0.494 e. The lowest BCUT2D eigenvalue weighted by atomic mass is 10.1. The second kappa shape index (κ2) is 7.26. The molecule has 5 heteroatoms. The Bertz CT molecular complexity index is 647. The normalized spacial score (nSPS) is 9.91. The van der Waals surface area contributed by atoms with E-state index in [9.17, 15) is 9.59 Å². The zero-order chi connectivity index (χ0) is 15.9. The van der Waals surface area contributed by atoms with Crippen molar-refractivity contribution in [3.63, 3.8) is 0 Å². The number of methoxy groups -OCH3 is 1. The first-order valence-electron chi connectivity index (χ1n) is 6.86. The number of benzene rings is 2. The second-order valence-electron chi connectivity index (χ2n) is 4.48. The molecule has 0 aliphatic heterocycles. The van der Waals surface area contributed by atoms with Gasteiger partial charge in [-0.1, -0.05) is 0 Å². The van der Waals surface area contributed by atoms with Crippen molar-refractivity contribution in [3.8, 4) is 5.75 Å². The first-order valence-corrected chi connectivity index (χ1v) is 6.86. The predicted molar refractivity (Wildman–Crippen MR) is 83.3 cm³/mol. The number of amides is 1. The summed E-state index contributed by atoms with van der Waals surface area (Å²) < 4.78 is 9.95. The van der Waals surface area contributed by atoms with Crippen LogP contribution in [0.2, 0.25) is 0 Å². The quantitative estimate of drug-likeness (QED) is 0.862. The van der Waals surface area contributed by atoms with Gasteiger partial charge < -0.3 is 14.8 Å². The van der Waals surface area contributed by atoms with Crippen molar-refractivity contribution in [3.05, 3.63) is 59.7 Å². The zero-order valence-corrected chi connectivity index (χ0v) is 12.5. The van der Waals surface area contributed by atoms with Gasteiger partial charge in [0.1, 0.15) is 5.75 Å². The molecule has 0 aromatic heterocycles. The number of carbonyl (C=O) groups is 2. The molecule has 2 aromatic rings. The molecule has 0 aliphatic rings. The van der Waals surface area contributed by atoms with Crippen LogP contribution in [-0.4, -0.2) is 25.6 Å². The Morgan fingerprint density at radius 3 is 2.09 bits per heavy atom. The third-order valence-electron chi connectivity index (χ3n) is 2.99. The number of ether oxygens (including phenoxy) is 2. The molecule has 0 radical (unpaired) electrons. The van der Waals surface area contributed by atoms with Crippen LogP contribution in [0.25, 0.3) is 0 Å². The van der Waals surface area contributed by atoms with Gasteiger partial charge in [-0.25, -0.2) is 4.79 Å². The van der Waals surface area contributed by atoms with Crippen LogP contribution in [0.3, 0.4) is 0 Å². The molecule has 0 saturated heterocycles. The van der Waals surface area contributed by atoms with Crippen molar-refractivity contribution in [1.82, 2.24) is 0 Å². The summed E-state index contributed by atoms with van der Waals surface area (Å²) in [6.07, 6.45) is 0. The van der Waals surface area contributed by atoms with Crippen molar-refractivity contribution in [2.75, 3.05) is 19.0 Å². The molecule has 114 valence electrons. The van der Waals surface area contributed by atoms with Crippen molar-refractivity contribution in [1.29, 1.82) is 0 Å². The third-order valence-corrected chi connectivity index (χ3v) is 2.99. The van der Waals surface area contributed by atoms with Gasteiger partial charge in [-0.15, -0.1) is 0 Å². The molecular weight excluding hydrogens is 282 g/mol. The van der Waals surface area contributed by atoms with Crippen molar-refractivity contribution < 1.29 is 19.1 Å². The summed E-state index contributed by atoms with van der Waals surface area (Å²) in [6.45, 7) is 2.48. The van der Waals surface area contributed by atoms with E-state index in [-0.39, 0.29) is 5.91 Å². The van der Waals surface area contributed by atoms with E-state index in [0.717, 1.165) is 5.75 Å². The summed E-state index contributed by atoms with van der Waals surface area (Å²) in [4.78, 5) is 23.4. The molecule has 22 heavy (non-hydrogen) atoms. The molecule has 0 aliphatic carbocycles. The number of hydrogen-bond acceptors (Lipinski definition) is 4. The third kappa shape index (κ3) is 3.85. The van der Waals surface area contributed by atoms with Gasteiger partial charge in [0.15, 0.2) is 0 Å². The van der Waals surface area contributed by atoms with E-state index in [4.69, 9.17) is 4.74 Å². The average Bonchev–Trinajstić information content (AvgIpc) is 2.55. The van der Waals surface area contributed by atoms with Crippen molar-refractivity contribution in [2.45, 2.75) is 6.92 Å². The van der Waals surface area contributed by atoms with Crippen LogP contribution in [-0.2, 0) is 4.74 Å². The van der Waals surface area contributed by atoms with Crippen LogP contribution >= 0.6 is 0 Å². The fourth-order valence-electron chi connectivity index (χ4n) is 1.88. The van der Waals surface area contributed by atoms with E-state index in [1.807, 2.05) is 6.92 Å². The highest BCUT2D eigenvalue weighted by molar-refractivity contribution is 6.04. The molecule has 0 bridgehead atoms. The minimum Gasteiger partial charge on any atom is -0.494 e. The maximum atomic E-state index is 12.1. The summed E-state index contributed by atoms with van der Waals surface area (Å²) in [7, 11) is 1.32. The summed E-state index contributed by atoms with van der Waals surface area (Å²) >= 11 is 0. The first-order chi connectivity index (χ1) is 10.6. The number of hydrogen-bond donors (Lipinski definition) is 1. The van der Waals surface area contributed by atoms with E-state index in [2.05, 4.69) is 10.1 Å². The number of carbonyl (C=O) groups excluding carboxylic acids is 2. The molecule has 0 fully saturated rings. The lowest BCUT2D eigenvalue weighted by Crippen LogP contribution is -2.12. The van der Waals surface area contributed by atoms with Gasteiger partial charge in [0.2, 0.25) is 0 Å². The Kier molecular flexibility index (Phi) is 5.14. The Morgan fingerprint density at radius 2 is 1.55 bits per heavy atom. The highest BCUT2D eigenvalue weighted by Crippen LogP contribution is 2.15. The summed E-state index contributed by atoms with van der Waals surface area (Å²) in [5, 5.41) is 2.76. The second-order valence-corrected chi connectivity index (χ2v) is 4.48. The molecule has 5 nitrogen and oxygen atoms in total. The van der Waals surface area contributed by atoms with Crippen molar-refractivity contribution >= 4 is 17.6 Å². The molecule has 0 unspecified atom stereocenters. The molecular formula is C17H17NO4. The zero-order valence-electron chi connectivity index (χ0n) is 12.5. The molecule has 1 amide bonds. The molecule has 1 N–H and O–H groups in total. The molecule has 2 aromatic carbocycles. The molecule has 0 spiro atoms. The van der Waals surface area contributed by atoms with Crippen molar-refractivity contribution in [2.24, 2.45) is 0 Å². The number of rotatable bonds is 5. The highest BCUT2D eigenvalue weighted by atomic mass is 16.5. The summed E-state index contributed by atoms with van der Waals surface area (Å²) in [6, 6.07) is 13.4. The fraction of sp³-hybridized carbons (Fsp3) is 0.176. The van der Waals surface area contributed by atoms with E-state index in [1.54, 1.807) is 48.5 Å². The van der Waals surface area contributed by atoms with E-state index in [1.165, 1.54) is 7.11 Å². The Hall–Kier alpha value is -2.82. The number of anilines is 1. The SMILES string of the molecule is CCOc1ccc(C(=O)Nc2ccc(C(=O)OC)cc2)cc1. The van der Waals surface area contributed by atoms with Gasteiger partial charge in [0.25, 0.3) is 5.91 Å². The van der Waals surface area contributed by atoms with Gasteiger partial charge in [-0.3, -0.25) is 4.79 Å². The van der Waals surface area contributed by atoms with Gasteiger partial charge in [-0.2, -0.15) is 0 Å². The van der Waals surface area contributed by atoms with Crippen LogP contribution in [0.4, 0.5) is 5.69 Å².